The Morgan fingerprint density at radius 1 is 0.951 bits per heavy atom. The van der Waals surface area contributed by atoms with Crippen LogP contribution in [0.5, 0.6) is 11.5 Å². The summed E-state index contributed by atoms with van der Waals surface area (Å²) < 4.78 is 27.2. The Balaban J connectivity index is 1.54. The molecular weight excluding hydrogens is 521 g/mol. The highest BCUT2D eigenvalue weighted by atomic mass is 19.1. The lowest BCUT2D eigenvalue weighted by atomic mass is 9.87. The van der Waals surface area contributed by atoms with Crippen molar-refractivity contribution in [2.24, 2.45) is 5.41 Å². The van der Waals surface area contributed by atoms with E-state index in [1.807, 2.05) is 82.3 Å². The molecule has 214 valence electrons. The van der Waals surface area contributed by atoms with Gasteiger partial charge in [0, 0.05) is 18.5 Å². The molecule has 1 fully saturated rings. The number of aryl methyl sites for hydroxylation is 2. The van der Waals surface area contributed by atoms with Gasteiger partial charge in [-0.3, -0.25) is 4.79 Å². The predicted molar refractivity (Wildman–Crippen MR) is 157 cm³/mol. The minimum absolute atomic E-state index is 0.193. The smallest absolute Gasteiger partial charge is 0.407 e. The highest BCUT2D eigenvalue weighted by molar-refractivity contribution is 6.00. The van der Waals surface area contributed by atoms with Crippen LogP contribution < -0.4 is 9.47 Å². The van der Waals surface area contributed by atoms with Gasteiger partial charge in [0.2, 0.25) is 0 Å². The normalized spacial score (nSPS) is 17.2. The highest BCUT2D eigenvalue weighted by Gasteiger charge is 2.28. The first-order chi connectivity index (χ1) is 19.5. The average Bonchev–Trinajstić information content (AvgIpc) is 3.30. The van der Waals surface area contributed by atoms with E-state index < -0.39 is 11.5 Å². The molecule has 5 rings (SSSR count). The largest absolute Gasteiger partial charge is 0.489 e. The maximum absolute atomic E-state index is 15.4. The zero-order valence-electron chi connectivity index (χ0n) is 24.0. The third kappa shape index (κ3) is 6.29. The second kappa shape index (κ2) is 11.4. The van der Waals surface area contributed by atoms with Gasteiger partial charge >= 0.3 is 12.1 Å². The van der Waals surface area contributed by atoms with Crippen LogP contribution in [0.3, 0.4) is 0 Å². The van der Waals surface area contributed by atoms with Gasteiger partial charge in [-0.25, -0.2) is 9.18 Å². The van der Waals surface area contributed by atoms with E-state index in [0.717, 1.165) is 46.2 Å². The molecule has 0 spiro atoms. The number of nitrogens with zero attached hydrogens (tertiary/aromatic N) is 1. The number of benzene rings is 3. The van der Waals surface area contributed by atoms with Gasteiger partial charge in [-0.05, 0) is 111 Å². The van der Waals surface area contributed by atoms with Crippen molar-refractivity contribution in [1.82, 2.24) is 4.90 Å². The molecule has 7 heteroatoms. The summed E-state index contributed by atoms with van der Waals surface area (Å²) in [6.07, 6.45) is 1.79. The number of likely N-dealkylation sites (tertiary alicyclic amines) is 1. The fourth-order valence-electron chi connectivity index (χ4n) is 5.44. The highest BCUT2D eigenvalue weighted by Crippen LogP contribution is 2.42. The Morgan fingerprint density at radius 2 is 1.66 bits per heavy atom. The maximum atomic E-state index is 15.4. The van der Waals surface area contributed by atoms with Crippen molar-refractivity contribution in [1.29, 1.82) is 0 Å². The van der Waals surface area contributed by atoms with Crippen LogP contribution in [0.25, 0.3) is 11.1 Å². The third-order valence-corrected chi connectivity index (χ3v) is 7.65. The number of ether oxygens (including phenoxy) is 2. The number of rotatable bonds is 5. The van der Waals surface area contributed by atoms with Crippen molar-refractivity contribution in [2.75, 3.05) is 13.1 Å². The molecule has 0 aromatic heterocycles. The van der Waals surface area contributed by atoms with Crippen LogP contribution in [0.2, 0.25) is 0 Å². The van der Waals surface area contributed by atoms with Crippen molar-refractivity contribution in [3.8, 4) is 11.5 Å². The Hall–Kier alpha value is -4.13. The molecular formula is C34H36FNO5. The molecule has 3 aromatic carbocycles. The summed E-state index contributed by atoms with van der Waals surface area (Å²) in [6.45, 7) is 8.15. The van der Waals surface area contributed by atoms with Gasteiger partial charge in [0.15, 0.2) is 0 Å². The van der Waals surface area contributed by atoms with Gasteiger partial charge < -0.3 is 19.5 Å². The van der Waals surface area contributed by atoms with Crippen LogP contribution in [0.4, 0.5) is 9.18 Å². The minimum atomic E-state index is -0.933. The number of amides is 1. The standard InChI is InChI=1S/C34H36FNO5/c1-21-8-14-28(30(35)18-21)29-7-5-6-23-19-25(41-32(37)34(2,3)4)13-15-27(23)31(29)22-9-11-24(12-10-22)40-26-16-17-36(20-26)33(38)39/h8-15,18-19,26H,5-7,16-17,20H2,1-4H3,(H,38,39)/t26-/m0/s1. The Morgan fingerprint density at radius 3 is 2.32 bits per heavy atom. The molecule has 2 aliphatic rings. The zero-order chi connectivity index (χ0) is 29.3. The SMILES string of the molecule is Cc1ccc(C2=C(c3ccc(O[C@H]4CCN(C(=O)O)C4)cc3)c3ccc(OC(=O)C(C)(C)C)cc3CCC2)c(F)c1. The number of hydrogen-bond acceptors (Lipinski definition) is 4. The first kappa shape index (κ1) is 28.4. The van der Waals surface area contributed by atoms with Gasteiger partial charge in [0.05, 0.1) is 12.0 Å². The van der Waals surface area contributed by atoms with E-state index in [2.05, 4.69) is 0 Å². The minimum Gasteiger partial charge on any atom is -0.489 e. The number of allylic oxidation sites excluding steroid dienone is 1. The Kier molecular flexibility index (Phi) is 7.89. The maximum Gasteiger partial charge on any atom is 0.407 e. The molecule has 6 nitrogen and oxygen atoms in total. The first-order valence-corrected chi connectivity index (χ1v) is 14.1. The lowest BCUT2D eigenvalue weighted by molar-refractivity contribution is -0.143. The van der Waals surface area contributed by atoms with Crippen molar-refractivity contribution in [2.45, 2.75) is 59.5 Å². The molecule has 3 aromatic rings. The molecule has 0 saturated carbocycles. The molecule has 1 aliphatic heterocycles. The lowest BCUT2D eigenvalue weighted by Crippen LogP contribution is -2.29. The summed E-state index contributed by atoms with van der Waals surface area (Å²) in [5.41, 5.74) is 5.65. The van der Waals surface area contributed by atoms with Gasteiger partial charge in [0.1, 0.15) is 23.4 Å². The number of carboxylic acid groups (broad SMARTS) is 1. The zero-order valence-corrected chi connectivity index (χ0v) is 24.0. The summed E-state index contributed by atoms with van der Waals surface area (Å²) in [5.74, 6) is 0.617. The fraction of sp³-hybridized carbons (Fsp3) is 0.353. The van der Waals surface area contributed by atoms with Gasteiger partial charge in [-0.15, -0.1) is 0 Å². The molecule has 1 amide bonds. The Labute approximate surface area is 240 Å². The quantitative estimate of drug-likeness (QED) is 0.260. The van der Waals surface area contributed by atoms with E-state index in [0.29, 0.717) is 43.0 Å². The van der Waals surface area contributed by atoms with Crippen LogP contribution in [-0.2, 0) is 11.2 Å². The average molecular weight is 558 g/mol. The van der Waals surface area contributed by atoms with E-state index in [-0.39, 0.29) is 17.9 Å². The number of fused-ring (bicyclic) bond motifs is 1. The Bertz CT molecular complexity index is 1500. The predicted octanol–water partition coefficient (Wildman–Crippen LogP) is 7.51. The summed E-state index contributed by atoms with van der Waals surface area (Å²) in [7, 11) is 0. The lowest BCUT2D eigenvalue weighted by Gasteiger charge is -2.20. The van der Waals surface area contributed by atoms with Crippen molar-refractivity contribution in [3.63, 3.8) is 0 Å². The van der Waals surface area contributed by atoms with E-state index in [4.69, 9.17) is 9.47 Å². The van der Waals surface area contributed by atoms with Crippen LogP contribution >= 0.6 is 0 Å². The van der Waals surface area contributed by atoms with Gasteiger partial charge in [-0.1, -0.05) is 30.3 Å². The number of halogens is 1. The van der Waals surface area contributed by atoms with Crippen molar-refractivity contribution < 1.29 is 28.6 Å². The second-order valence-electron chi connectivity index (χ2n) is 11.9. The third-order valence-electron chi connectivity index (χ3n) is 7.65. The van der Waals surface area contributed by atoms with E-state index in [1.54, 1.807) is 6.07 Å². The molecule has 1 N–H and O–H groups in total. The molecule has 41 heavy (non-hydrogen) atoms. The number of carbonyl (C=O) groups excluding carboxylic acids is 1. The monoisotopic (exact) mass is 557 g/mol. The number of esters is 1. The van der Waals surface area contributed by atoms with Crippen LogP contribution in [-0.4, -0.2) is 41.3 Å². The molecule has 1 atom stereocenters. The van der Waals surface area contributed by atoms with E-state index in [1.165, 1.54) is 4.90 Å². The topological polar surface area (TPSA) is 76.1 Å². The summed E-state index contributed by atoms with van der Waals surface area (Å²) in [6, 6.07) is 18.8. The van der Waals surface area contributed by atoms with Crippen molar-refractivity contribution >= 4 is 23.2 Å². The fourth-order valence-corrected chi connectivity index (χ4v) is 5.44. The first-order valence-electron chi connectivity index (χ1n) is 14.1. The van der Waals surface area contributed by atoms with E-state index in [9.17, 15) is 14.7 Å². The van der Waals surface area contributed by atoms with Crippen LogP contribution in [0.1, 0.15) is 67.9 Å². The van der Waals surface area contributed by atoms with E-state index >= 15 is 4.39 Å². The van der Waals surface area contributed by atoms with Crippen LogP contribution in [0, 0.1) is 18.2 Å². The molecule has 1 aliphatic carbocycles. The summed E-state index contributed by atoms with van der Waals surface area (Å²) >= 11 is 0. The van der Waals surface area contributed by atoms with Crippen LogP contribution in [0.15, 0.2) is 60.7 Å². The number of carbonyl (C=O) groups is 2. The number of hydrogen-bond donors (Lipinski definition) is 1. The molecule has 0 unspecified atom stereocenters. The summed E-state index contributed by atoms with van der Waals surface area (Å²) in [5, 5.41) is 9.24. The van der Waals surface area contributed by atoms with Gasteiger partial charge in [0.25, 0.3) is 0 Å². The molecule has 1 saturated heterocycles. The molecule has 0 bridgehead atoms. The second-order valence-corrected chi connectivity index (χ2v) is 11.9. The molecule has 0 radical (unpaired) electrons. The molecule has 1 heterocycles. The van der Waals surface area contributed by atoms with Gasteiger partial charge in [-0.2, -0.15) is 0 Å². The van der Waals surface area contributed by atoms with Crippen molar-refractivity contribution in [3.05, 3.63) is 94.3 Å². The summed E-state index contributed by atoms with van der Waals surface area (Å²) in [4.78, 5) is 25.2.